The Bertz CT molecular complexity index is 773. The van der Waals surface area contributed by atoms with Crippen LogP contribution in [0.2, 0.25) is 0 Å². The Morgan fingerprint density at radius 2 is 2.04 bits per heavy atom. The van der Waals surface area contributed by atoms with Crippen LogP contribution in [0.3, 0.4) is 0 Å². The van der Waals surface area contributed by atoms with Gasteiger partial charge in [-0.05, 0) is 42.5 Å². The molecule has 0 spiro atoms. The standard InChI is InChI=1S/C19H22FN3O2S/c1-13(24)21-17(18-5-4-8-26-18)12-19(25)22-15-9-14(20)10-16(11-15)23-6-2-3-7-23/h4-5,8-11,17H,2-3,6-7,12H2,1H3,(H,21,24)(H,22,25)/t17-/m1/s1. The molecule has 1 aromatic carbocycles. The lowest BCUT2D eigenvalue weighted by Crippen LogP contribution is -2.29. The van der Waals surface area contributed by atoms with Crippen LogP contribution in [0.4, 0.5) is 15.8 Å². The van der Waals surface area contributed by atoms with Crippen molar-refractivity contribution in [2.24, 2.45) is 0 Å². The normalized spacial score (nSPS) is 14.9. The molecule has 0 bridgehead atoms. The van der Waals surface area contributed by atoms with Crippen LogP contribution in [0, 0.1) is 5.82 Å². The Kier molecular flexibility index (Phi) is 5.88. The Hall–Kier alpha value is -2.41. The van der Waals surface area contributed by atoms with Crippen molar-refractivity contribution in [1.29, 1.82) is 0 Å². The van der Waals surface area contributed by atoms with Gasteiger partial charge < -0.3 is 15.5 Å². The molecular formula is C19H22FN3O2S. The highest BCUT2D eigenvalue weighted by molar-refractivity contribution is 7.10. The monoisotopic (exact) mass is 375 g/mol. The molecule has 2 amide bonds. The molecule has 3 rings (SSSR count). The minimum atomic E-state index is -0.390. The fraction of sp³-hybridized carbons (Fsp3) is 0.368. The summed E-state index contributed by atoms with van der Waals surface area (Å²) >= 11 is 1.48. The van der Waals surface area contributed by atoms with E-state index in [2.05, 4.69) is 15.5 Å². The van der Waals surface area contributed by atoms with E-state index < -0.39 is 0 Å². The Balaban J connectivity index is 1.69. The second-order valence-corrected chi connectivity index (χ2v) is 7.39. The molecule has 138 valence electrons. The summed E-state index contributed by atoms with van der Waals surface area (Å²) in [5, 5.41) is 7.45. The first kappa shape index (κ1) is 18.4. The van der Waals surface area contributed by atoms with Gasteiger partial charge in [0.25, 0.3) is 0 Å². The summed E-state index contributed by atoms with van der Waals surface area (Å²) < 4.78 is 14.0. The molecule has 7 heteroatoms. The first-order valence-electron chi connectivity index (χ1n) is 8.67. The molecule has 5 nitrogen and oxygen atoms in total. The lowest BCUT2D eigenvalue weighted by atomic mass is 10.1. The van der Waals surface area contributed by atoms with E-state index in [1.54, 1.807) is 6.07 Å². The molecule has 2 aromatic rings. The zero-order chi connectivity index (χ0) is 18.5. The molecule has 0 aliphatic carbocycles. The number of nitrogens with one attached hydrogen (secondary N) is 2. The van der Waals surface area contributed by atoms with Gasteiger partial charge in [-0.25, -0.2) is 4.39 Å². The summed E-state index contributed by atoms with van der Waals surface area (Å²) in [6.45, 7) is 3.23. The number of carbonyl (C=O) groups excluding carboxylic acids is 2. The zero-order valence-corrected chi connectivity index (χ0v) is 15.4. The lowest BCUT2D eigenvalue weighted by molar-refractivity contribution is -0.120. The summed E-state index contributed by atoms with van der Waals surface area (Å²) in [6, 6.07) is 7.97. The third kappa shape index (κ3) is 4.82. The third-order valence-electron chi connectivity index (χ3n) is 4.29. The van der Waals surface area contributed by atoms with Crippen molar-refractivity contribution in [1.82, 2.24) is 5.32 Å². The number of halogens is 1. The van der Waals surface area contributed by atoms with E-state index >= 15 is 0 Å². The fourth-order valence-corrected chi connectivity index (χ4v) is 3.94. The van der Waals surface area contributed by atoms with Crippen LogP contribution in [-0.2, 0) is 9.59 Å². The van der Waals surface area contributed by atoms with Crippen LogP contribution in [0.5, 0.6) is 0 Å². The predicted octanol–water partition coefficient (Wildman–Crippen LogP) is 3.69. The molecule has 1 atom stereocenters. The second-order valence-electron chi connectivity index (χ2n) is 6.41. The SMILES string of the molecule is CC(=O)N[C@H](CC(=O)Nc1cc(F)cc(N2CCCC2)c1)c1cccs1. The van der Waals surface area contributed by atoms with Crippen molar-refractivity contribution in [3.8, 4) is 0 Å². The lowest BCUT2D eigenvalue weighted by Gasteiger charge is -2.19. The Morgan fingerprint density at radius 3 is 2.69 bits per heavy atom. The van der Waals surface area contributed by atoms with E-state index in [1.165, 1.54) is 30.4 Å². The van der Waals surface area contributed by atoms with E-state index in [0.29, 0.717) is 5.69 Å². The number of carbonyl (C=O) groups is 2. The number of rotatable bonds is 6. The number of anilines is 2. The van der Waals surface area contributed by atoms with E-state index in [1.807, 2.05) is 17.5 Å². The molecule has 1 aliphatic rings. The highest BCUT2D eigenvalue weighted by atomic mass is 32.1. The Morgan fingerprint density at radius 1 is 1.27 bits per heavy atom. The van der Waals surface area contributed by atoms with Crippen molar-refractivity contribution in [3.63, 3.8) is 0 Å². The van der Waals surface area contributed by atoms with Crippen molar-refractivity contribution < 1.29 is 14.0 Å². The summed E-state index contributed by atoms with van der Waals surface area (Å²) in [6.07, 6.45) is 2.28. The molecule has 26 heavy (non-hydrogen) atoms. The van der Waals surface area contributed by atoms with E-state index in [0.717, 1.165) is 36.5 Å². The molecule has 1 aromatic heterocycles. The highest BCUT2D eigenvalue weighted by Gasteiger charge is 2.19. The summed E-state index contributed by atoms with van der Waals surface area (Å²) in [7, 11) is 0. The van der Waals surface area contributed by atoms with Gasteiger partial charge in [-0.1, -0.05) is 6.07 Å². The molecule has 1 fully saturated rings. The average Bonchev–Trinajstić information content (AvgIpc) is 3.27. The molecule has 0 radical (unpaired) electrons. The van der Waals surface area contributed by atoms with Gasteiger partial charge in [-0.2, -0.15) is 0 Å². The molecule has 1 saturated heterocycles. The maximum absolute atomic E-state index is 14.0. The molecule has 0 saturated carbocycles. The van der Waals surface area contributed by atoms with Gasteiger partial charge in [-0.3, -0.25) is 9.59 Å². The maximum Gasteiger partial charge on any atom is 0.226 e. The third-order valence-corrected chi connectivity index (χ3v) is 5.28. The summed E-state index contributed by atoms with van der Waals surface area (Å²) in [5.41, 5.74) is 1.22. The second kappa shape index (κ2) is 8.31. The van der Waals surface area contributed by atoms with E-state index in [4.69, 9.17) is 0 Å². The highest BCUT2D eigenvalue weighted by Crippen LogP contribution is 2.26. The molecular weight excluding hydrogens is 353 g/mol. The summed E-state index contributed by atoms with van der Waals surface area (Å²) in [4.78, 5) is 26.9. The van der Waals surface area contributed by atoms with Crippen LogP contribution >= 0.6 is 11.3 Å². The summed E-state index contributed by atoms with van der Waals surface area (Å²) in [5.74, 6) is -0.838. The van der Waals surface area contributed by atoms with Crippen molar-refractivity contribution in [2.45, 2.75) is 32.2 Å². The largest absolute Gasteiger partial charge is 0.371 e. The molecule has 2 heterocycles. The first-order chi connectivity index (χ1) is 12.5. The van der Waals surface area contributed by atoms with Gasteiger partial charge in [0, 0.05) is 36.3 Å². The van der Waals surface area contributed by atoms with Crippen LogP contribution < -0.4 is 15.5 Å². The van der Waals surface area contributed by atoms with E-state index in [-0.39, 0.29) is 30.1 Å². The number of thiophene rings is 1. The van der Waals surface area contributed by atoms with E-state index in [9.17, 15) is 14.0 Å². The van der Waals surface area contributed by atoms with Gasteiger partial charge >= 0.3 is 0 Å². The molecule has 2 N–H and O–H groups in total. The zero-order valence-electron chi connectivity index (χ0n) is 14.6. The smallest absolute Gasteiger partial charge is 0.226 e. The minimum Gasteiger partial charge on any atom is -0.371 e. The van der Waals surface area contributed by atoms with Crippen LogP contribution in [-0.4, -0.2) is 24.9 Å². The van der Waals surface area contributed by atoms with Gasteiger partial charge in [0.15, 0.2) is 0 Å². The van der Waals surface area contributed by atoms with Gasteiger partial charge in [0.05, 0.1) is 12.5 Å². The predicted molar refractivity (Wildman–Crippen MR) is 102 cm³/mol. The van der Waals surface area contributed by atoms with Crippen LogP contribution in [0.15, 0.2) is 35.7 Å². The number of nitrogens with zero attached hydrogens (tertiary/aromatic N) is 1. The van der Waals surface area contributed by atoms with Crippen molar-refractivity contribution >= 4 is 34.5 Å². The van der Waals surface area contributed by atoms with Crippen molar-refractivity contribution in [3.05, 3.63) is 46.4 Å². The average molecular weight is 375 g/mol. The molecule has 0 unspecified atom stereocenters. The quantitative estimate of drug-likeness (QED) is 0.809. The number of hydrogen-bond acceptors (Lipinski definition) is 4. The number of hydrogen-bond donors (Lipinski definition) is 2. The number of amides is 2. The fourth-order valence-electron chi connectivity index (χ4n) is 3.16. The van der Waals surface area contributed by atoms with Gasteiger partial charge in [0.1, 0.15) is 5.82 Å². The minimum absolute atomic E-state index is 0.0929. The number of benzene rings is 1. The van der Waals surface area contributed by atoms with Crippen LogP contribution in [0.25, 0.3) is 0 Å². The topological polar surface area (TPSA) is 61.4 Å². The Labute approximate surface area is 156 Å². The maximum atomic E-state index is 14.0. The molecule has 1 aliphatic heterocycles. The van der Waals surface area contributed by atoms with Crippen LogP contribution in [0.1, 0.15) is 37.1 Å². The van der Waals surface area contributed by atoms with Gasteiger partial charge in [0.2, 0.25) is 11.8 Å². The first-order valence-corrected chi connectivity index (χ1v) is 9.55. The van der Waals surface area contributed by atoms with Crippen molar-refractivity contribution in [2.75, 3.05) is 23.3 Å². The van der Waals surface area contributed by atoms with Gasteiger partial charge in [-0.15, -0.1) is 11.3 Å².